The van der Waals surface area contributed by atoms with Crippen LogP contribution in [0.1, 0.15) is 27.9 Å². The molecule has 2 aromatic carbocycles. The highest BCUT2D eigenvalue weighted by molar-refractivity contribution is 7.22. The molecule has 3 rings (SSSR count). The molecule has 0 spiro atoms. The number of fused-ring (bicyclic) bond motifs is 1. The van der Waals surface area contributed by atoms with Crippen LogP contribution in [0.2, 0.25) is 0 Å². The highest BCUT2D eigenvalue weighted by Crippen LogP contribution is 2.35. The van der Waals surface area contributed by atoms with E-state index < -0.39 is 0 Å². The number of nitrogens with zero attached hydrogens (tertiary/aromatic N) is 3. The van der Waals surface area contributed by atoms with Crippen molar-refractivity contribution >= 4 is 32.6 Å². The van der Waals surface area contributed by atoms with Gasteiger partial charge in [0.05, 0.1) is 30.0 Å². The molecular weight excluding hydrogens is 398 g/mol. The van der Waals surface area contributed by atoms with Crippen molar-refractivity contribution in [3.05, 3.63) is 47.0 Å². The predicted molar refractivity (Wildman–Crippen MR) is 123 cm³/mol. The van der Waals surface area contributed by atoms with Crippen LogP contribution in [0.25, 0.3) is 10.2 Å². The lowest BCUT2D eigenvalue weighted by Gasteiger charge is -2.22. The van der Waals surface area contributed by atoms with Crippen LogP contribution in [0.3, 0.4) is 0 Å². The fourth-order valence-electron chi connectivity index (χ4n) is 3.31. The van der Waals surface area contributed by atoms with E-state index in [1.165, 1.54) is 11.1 Å². The van der Waals surface area contributed by atoms with Crippen LogP contribution >= 0.6 is 11.3 Å². The number of carbonyl (C=O) groups is 1. The minimum absolute atomic E-state index is 0.142. The van der Waals surface area contributed by atoms with Crippen molar-refractivity contribution in [1.82, 2.24) is 9.88 Å². The van der Waals surface area contributed by atoms with E-state index in [4.69, 9.17) is 14.5 Å². The quantitative estimate of drug-likeness (QED) is 0.529. The van der Waals surface area contributed by atoms with Crippen LogP contribution in [-0.2, 0) is 0 Å². The molecule has 0 saturated heterocycles. The second-order valence-corrected chi connectivity index (χ2v) is 8.56. The molecule has 0 saturated carbocycles. The summed E-state index contributed by atoms with van der Waals surface area (Å²) in [5.74, 6) is 0.833. The van der Waals surface area contributed by atoms with Gasteiger partial charge in [-0.2, -0.15) is 0 Å². The second-order valence-electron chi connectivity index (χ2n) is 7.56. The number of methoxy groups -OCH3 is 2. The maximum atomic E-state index is 13.6. The van der Waals surface area contributed by atoms with Crippen LogP contribution in [0.4, 0.5) is 5.13 Å². The fourth-order valence-corrected chi connectivity index (χ4v) is 4.38. The Bertz CT molecular complexity index is 1010. The average Bonchev–Trinajstić information content (AvgIpc) is 3.12. The Morgan fingerprint density at radius 3 is 2.47 bits per heavy atom. The number of anilines is 1. The van der Waals surface area contributed by atoms with E-state index in [0.717, 1.165) is 23.2 Å². The van der Waals surface area contributed by atoms with Gasteiger partial charge in [0.15, 0.2) is 16.6 Å². The molecule has 0 N–H and O–H groups in total. The summed E-state index contributed by atoms with van der Waals surface area (Å²) >= 11 is 1.54. The summed E-state index contributed by atoms with van der Waals surface area (Å²) < 4.78 is 12.0. The Morgan fingerprint density at radius 2 is 1.80 bits per heavy atom. The van der Waals surface area contributed by atoms with Gasteiger partial charge in [-0.15, -0.1) is 0 Å². The number of aryl methyl sites for hydroxylation is 2. The highest BCUT2D eigenvalue weighted by Gasteiger charge is 2.25. The number of rotatable bonds is 8. The van der Waals surface area contributed by atoms with Gasteiger partial charge in [0.2, 0.25) is 0 Å². The van der Waals surface area contributed by atoms with Gasteiger partial charge in [-0.05, 0) is 76.3 Å². The molecule has 160 valence electrons. The molecule has 1 heterocycles. The Labute approximate surface area is 182 Å². The molecular formula is C23H29N3O3S. The standard InChI is InChI=1S/C23H29N3O3S/c1-15-13-18-20(14-16(15)2)30-23(24-18)26(12-8-11-25(3)4)22(27)17-9-7-10-19(28-5)21(17)29-6/h7,9-10,13-14H,8,11-12H2,1-6H3. The van der Waals surface area contributed by atoms with Crippen molar-refractivity contribution in [2.75, 3.05) is 46.3 Å². The number of thiazole rings is 1. The van der Waals surface area contributed by atoms with Gasteiger partial charge in [-0.3, -0.25) is 9.69 Å². The Morgan fingerprint density at radius 1 is 1.07 bits per heavy atom. The molecule has 7 heteroatoms. The van der Waals surface area contributed by atoms with Crippen LogP contribution in [-0.4, -0.2) is 57.2 Å². The lowest BCUT2D eigenvalue weighted by molar-refractivity contribution is 0.0982. The van der Waals surface area contributed by atoms with E-state index in [-0.39, 0.29) is 5.91 Å². The number of benzene rings is 2. The number of para-hydroxylation sites is 1. The summed E-state index contributed by atoms with van der Waals surface area (Å²) in [5, 5.41) is 0.698. The topological polar surface area (TPSA) is 54.9 Å². The molecule has 30 heavy (non-hydrogen) atoms. The zero-order chi connectivity index (χ0) is 21.8. The Hall–Kier alpha value is -2.64. The fraction of sp³-hybridized carbons (Fsp3) is 0.391. The molecule has 3 aromatic rings. The molecule has 0 radical (unpaired) electrons. The van der Waals surface area contributed by atoms with Crippen molar-refractivity contribution < 1.29 is 14.3 Å². The van der Waals surface area contributed by atoms with Crippen molar-refractivity contribution in [1.29, 1.82) is 0 Å². The summed E-state index contributed by atoms with van der Waals surface area (Å²) in [5.41, 5.74) is 3.80. The van der Waals surface area contributed by atoms with Gasteiger partial charge < -0.3 is 14.4 Å². The van der Waals surface area contributed by atoms with Crippen LogP contribution < -0.4 is 14.4 Å². The summed E-state index contributed by atoms with van der Waals surface area (Å²) in [6.45, 7) is 5.61. The van der Waals surface area contributed by atoms with E-state index in [2.05, 4.69) is 30.9 Å². The molecule has 0 unspecified atom stereocenters. The number of carbonyl (C=O) groups excluding carboxylic acids is 1. The van der Waals surface area contributed by atoms with Gasteiger partial charge in [0.25, 0.3) is 5.91 Å². The van der Waals surface area contributed by atoms with Gasteiger partial charge >= 0.3 is 0 Å². The van der Waals surface area contributed by atoms with Gasteiger partial charge in [-0.1, -0.05) is 17.4 Å². The zero-order valence-electron chi connectivity index (χ0n) is 18.5. The monoisotopic (exact) mass is 427 g/mol. The zero-order valence-corrected chi connectivity index (χ0v) is 19.3. The number of ether oxygens (including phenoxy) is 2. The number of amides is 1. The first-order chi connectivity index (χ1) is 14.3. The van der Waals surface area contributed by atoms with Crippen LogP contribution in [0.5, 0.6) is 11.5 Å². The SMILES string of the molecule is COc1cccc(C(=O)N(CCCN(C)C)c2nc3cc(C)c(C)cc3s2)c1OC. The molecule has 0 atom stereocenters. The van der Waals surface area contributed by atoms with Gasteiger partial charge in [0.1, 0.15) is 0 Å². The van der Waals surface area contributed by atoms with Crippen molar-refractivity contribution in [2.24, 2.45) is 0 Å². The number of hydrogen-bond donors (Lipinski definition) is 0. The molecule has 0 aliphatic heterocycles. The first kappa shape index (κ1) is 22.1. The molecule has 1 aromatic heterocycles. The number of aromatic nitrogens is 1. The Kier molecular flexibility index (Phi) is 6.95. The summed E-state index contributed by atoms with van der Waals surface area (Å²) in [6, 6.07) is 9.58. The third-order valence-electron chi connectivity index (χ3n) is 5.09. The van der Waals surface area contributed by atoms with Crippen LogP contribution in [0, 0.1) is 13.8 Å². The first-order valence-corrected chi connectivity index (χ1v) is 10.7. The molecule has 0 fully saturated rings. The molecule has 1 amide bonds. The maximum absolute atomic E-state index is 13.6. The van der Waals surface area contributed by atoms with E-state index >= 15 is 0 Å². The lowest BCUT2D eigenvalue weighted by Crippen LogP contribution is -2.33. The minimum atomic E-state index is -0.142. The van der Waals surface area contributed by atoms with Crippen molar-refractivity contribution in [3.8, 4) is 11.5 Å². The van der Waals surface area contributed by atoms with Gasteiger partial charge in [0, 0.05) is 6.54 Å². The smallest absolute Gasteiger partial charge is 0.263 e. The van der Waals surface area contributed by atoms with Gasteiger partial charge in [-0.25, -0.2) is 4.98 Å². The minimum Gasteiger partial charge on any atom is -0.493 e. The van der Waals surface area contributed by atoms with E-state index in [1.807, 2.05) is 14.1 Å². The molecule has 0 aliphatic rings. The van der Waals surface area contributed by atoms with Crippen LogP contribution in [0.15, 0.2) is 30.3 Å². The lowest BCUT2D eigenvalue weighted by atomic mass is 10.1. The second kappa shape index (κ2) is 9.45. The molecule has 0 aliphatic carbocycles. The summed E-state index contributed by atoms with van der Waals surface area (Å²) in [4.78, 5) is 22.3. The van der Waals surface area contributed by atoms with E-state index in [9.17, 15) is 4.79 Å². The summed E-state index contributed by atoms with van der Waals surface area (Å²) in [6.07, 6.45) is 0.832. The van der Waals surface area contributed by atoms with Crippen molar-refractivity contribution in [2.45, 2.75) is 20.3 Å². The third-order valence-corrected chi connectivity index (χ3v) is 6.13. The highest BCUT2D eigenvalue weighted by atomic mass is 32.1. The Balaban J connectivity index is 2.04. The average molecular weight is 428 g/mol. The molecule has 0 bridgehead atoms. The maximum Gasteiger partial charge on any atom is 0.263 e. The third kappa shape index (κ3) is 4.57. The van der Waals surface area contributed by atoms with Crippen molar-refractivity contribution in [3.63, 3.8) is 0 Å². The van der Waals surface area contributed by atoms with E-state index in [1.54, 1.807) is 48.7 Å². The normalized spacial score (nSPS) is 11.2. The first-order valence-electron chi connectivity index (χ1n) is 9.91. The molecule has 6 nitrogen and oxygen atoms in total. The number of hydrogen-bond acceptors (Lipinski definition) is 6. The van der Waals surface area contributed by atoms with E-state index in [0.29, 0.717) is 28.7 Å². The predicted octanol–water partition coefficient (Wildman–Crippen LogP) is 4.53. The summed E-state index contributed by atoms with van der Waals surface area (Å²) in [7, 11) is 7.18. The largest absolute Gasteiger partial charge is 0.493 e.